The zero-order valence-corrected chi connectivity index (χ0v) is 14.9. The van der Waals surface area contributed by atoms with E-state index in [1.54, 1.807) is 6.07 Å². The van der Waals surface area contributed by atoms with Gasteiger partial charge in [-0.1, -0.05) is 29.3 Å². The van der Waals surface area contributed by atoms with E-state index in [2.05, 4.69) is 0 Å². The molecule has 1 saturated heterocycles. The third kappa shape index (κ3) is 3.67. The predicted molar refractivity (Wildman–Crippen MR) is 92.9 cm³/mol. The quantitative estimate of drug-likeness (QED) is 0.887. The van der Waals surface area contributed by atoms with Crippen LogP contribution in [0.15, 0.2) is 18.2 Å². The molecule has 0 spiro atoms. The first kappa shape index (κ1) is 17.1. The normalized spacial score (nSPS) is 31.7. The van der Waals surface area contributed by atoms with Crippen LogP contribution in [0.1, 0.15) is 44.6 Å². The van der Waals surface area contributed by atoms with Crippen molar-refractivity contribution in [3.05, 3.63) is 33.8 Å². The van der Waals surface area contributed by atoms with Crippen molar-refractivity contribution in [2.24, 2.45) is 5.92 Å². The molecule has 1 aliphatic carbocycles. The summed E-state index contributed by atoms with van der Waals surface area (Å²) < 4.78 is 0. The van der Waals surface area contributed by atoms with E-state index < -0.39 is 5.60 Å². The molecule has 2 aliphatic rings. The lowest BCUT2D eigenvalue weighted by Gasteiger charge is -2.44. The van der Waals surface area contributed by atoms with Crippen LogP contribution in [-0.2, 0) is 11.2 Å². The number of aliphatic hydroxyl groups is 1. The molecule has 1 aliphatic heterocycles. The maximum absolute atomic E-state index is 12.0. The molecule has 3 nitrogen and oxygen atoms in total. The third-order valence-corrected chi connectivity index (χ3v) is 6.04. The summed E-state index contributed by atoms with van der Waals surface area (Å²) in [6.07, 6.45) is 4.76. The summed E-state index contributed by atoms with van der Waals surface area (Å²) >= 11 is 12.3. The van der Waals surface area contributed by atoms with Crippen molar-refractivity contribution in [2.45, 2.75) is 57.1 Å². The van der Waals surface area contributed by atoms with Crippen LogP contribution >= 0.6 is 23.2 Å². The molecule has 1 aromatic rings. The molecule has 1 amide bonds. The van der Waals surface area contributed by atoms with Crippen LogP contribution in [0.2, 0.25) is 10.0 Å². The summed E-state index contributed by atoms with van der Waals surface area (Å²) in [5.74, 6) is 0.355. The number of halogens is 2. The Morgan fingerprint density at radius 2 is 2.17 bits per heavy atom. The number of hydrogen-bond donors (Lipinski definition) is 1. The highest BCUT2D eigenvalue weighted by molar-refractivity contribution is 6.35. The molecule has 1 N–H and O–H groups in total. The molecule has 3 unspecified atom stereocenters. The fourth-order valence-corrected chi connectivity index (χ4v) is 4.44. The van der Waals surface area contributed by atoms with Crippen LogP contribution in [0.25, 0.3) is 0 Å². The molecule has 2 fully saturated rings. The van der Waals surface area contributed by atoms with E-state index in [1.807, 2.05) is 24.0 Å². The molecule has 126 valence electrons. The molecule has 0 bridgehead atoms. The summed E-state index contributed by atoms with van der Waals surface area (Å²) in [6, 6.07) is 5.77. The van der Waals surface area contributed by atoms with Crippen molar-refractivity contribution in [3.63, 3.8) is 0 Å². The van der Waals surface area contributed by atoms with E-state index in [9.17, 15) is 9.90 Å². The van der Waals surface area contributed by atoms with Gasteiger partial charge in [0.1, 0.15) is 0 Å². The van der Waals surface area contributed by atoms with Crippen molar-refractivity contribution < 1.29 is 9.90 Å². The SMILES string of the molecule is CC1(O)CCC(N2CCCC2=O)CC1Cc1ccc(Cl)cc1Cl. The summed E-state index contributed by atoms with van der Waals surface area (Å²) in [5.41, 5.74) is 0.289. The van der Waals surface area contributed by atoms with Crippen LogP contribution in [0.4, 0.5) is 0 Å². The molecule has 3 rings (SSSR count). The molecule has 1 aromatic carbocycles. The number of nitrogens with zero attached hydrogens (tertiary/aromatic N) is 1. The lowest BCUT2D eigenvalue weighted by atomic mass is 9.71. The average Bonchev–Trinajstić information content (AvgIpc) is 2.90. The second kappa shape index (κ2) is 6.62. The van der Waals surface area contributed by atoms with Gasteiger partial charge in [0.25, 0.3) is 0 Å². The van der Waals surface area contributed by atoms with Gasteiger partial charge in [0.05, 0.1) is 5.60 Å². The maximum atomic E-state index is 12.0. The van der Waals surface area contributed by atoms with Crippen LogP contribution in [0.3, 0.4) is 0 Å². The molecule has 1 heterocycles. The van der Waals surface area contributed by atoms with Gasteiger partial charge in [-0.3, -0.25) is 4.79 Å². The van der Waals surface area contributed by atoms with E-state index >= 15 is 0 Å². The van der Waals surface area contributed by atoms with E-state index in [0.717, 1.165) is 37.8 Å². The van der Waals surface area contributed by atoms with E-state index in [-0.39, 0.29) is 17.9 Å². The minimum atomic E-state index is -0.720. The lowest BCUT2D eigenvalue weighted by Crippen LogP contribution is -2.49. The number of carbonyl (C=O) groups is 1. The Balaban J connectivity index is 1.76. The maximum Gasteiger partial charge on any atom is 0.222 e. The monoisotopic (exact) mass is 355 g/mol. The zero-order valence-electron chi connectivity index (χ0n) is 13.4. The molecule has 1 saturated carbocycles. The van der Waals surface area contributed by atoms with E-state index in [1.165, 1.54) is 0 Å². The third-order valence-electron chi connectivity index (χ3n) is 5.45. The van der Waals surface area contributed by atoms with Gasteiger partial charge in [0.2, 0.25) is 5.91 Å². The van der Waals surface area contributed by atoms with Gasteiger partial charge in [-0.05, 0) is 62.6 Å². The number of hydrogen-bond acceptors (Lipinski definition) is 2. The molecular weight excluding hydrogens is 333 g/mol. The average molecular weight is 356 g/mol. The molecular formula is C18H23Cl2NO2. The standard InChI is InChI=1S/C18H23Cl2NO2/c1-18(23)7-6-15(21-8-2-3-17(21)22)10-13(18)9-12-4-5-14(19)11-16(12)20/h4-5,11,13,15,23H,2-3,6-10H2,1H3. The molecule has 23 heavy (non-hydrogen) atoms. The Labute approximate surface area is 147 Å². The predicted octanol–water partition coefficient (Wildman–Crippen LogP) is 4.08. The number of rotatable bonds is 3. The Bertz CT molecular complexity index is 603. The first-order valence-electron chi connectivity index (χ1n) is 8.32. The first-order valence-corrected chi connectivity index (χ1v) is 9.08. The number of amides is 1. The molecule has 5 heteroatoms. The summed E-state index contributed by atoms with van der Waals surface area (Å²) in [5, 5.41) is 12.1. The Morgan fingerprint density at radius 3 is 2.83 bits per heavy atom. The molecule has 0 radical (unpaired) electrons. The zero-order chi connectivity index (χ0) is 16.6. The van der Waals surface area contributed by atoms with Crippen LogP contribution in [0.5, 0.6) is 0 Å². The fraction of sp³-hybridized carbons (Fsp3) is 0.611. The number of likely N-dealkylation sites (tertiary alicyclic amines) is 1. The fourth-order valence-electron chi connectivity index (χ4n) is 3.96. The van der Waals surface area contributed by atoms with Crippen molar-refractivity contribution in [3.8, 4) is 0 Å². The summed E-state index contributed by atoms with van der Waals surface area (Å²) in [6.45, 7) is 2.77. The number of carbonyl (C=O) groups excluding carboxylic acids is 1. The van der Waals surface area contributed by atoms with Crippen molar-refractivity contribution in [1.82, 2.24) is 4.90 Å². The Morgan fingerprint density at radius 1 is 1.39 bits per heavy atom. The van der Waals surface area contributed by atoms with Gasteiger partial charge in [0.15, 0.2) is 0 Å². The largest absolute Gasteiger partial charge is 0.390 e. The topological polar surface area (TPSA) is 40.5 Å². The van der Waals surface area contributed by atoms with E-state index in [4.69, 9.17) is 23.2 Å². The van der Waals surface area contributed by atoms with Crippen LogP contribution < -0.4 is 0 Å². The minimum Gasteiger partial charge on any atom is -0.390 e. The Hall–Kier alpha value is -0.770. The molecule has 0 aromatic heterocycles. The Kier molecular flexibility index (Phi) is 4.91. The summed E-state index contributed by atoms with van der Waals surface area (Å²) in [4.78, 5) is 14.0. The van der Waals surface area contributed by atoms with Gasteiger partial charge < -0.3 is 10.0 Å². The minimum absolute atomic E-state index is 0.0910. The highest BCUT2D eigenvalue weighted by atomic mass is 35.5. The van der Waals surface area contributed by atoms with Gasteiger partial charge in [-0.2, -0.15) is 0 Å². The second-order valence-corrected chi connectivity index (χ2v) is 7.96. The van der Waals surface area contributed by atoms with E-state index in [0.29, 0.717) is 22.9 Å². The van der Waals surface area contributed by atoms with Crippen LogP contribution in [0, 0.1) is 5.92 Å². The van der Waals surface area contributed by atoms with Gasteiger partial charge in [-0.25, -0.2) is 0 Å². The lowest BCUT2D eigenvalue weighted by molar-refractivity contribution is -0.133. The van der Waals surface area contributed by atoms with Crippen molar-refractivity contribution >= 4 is 29.1 Å². The highest BCUT2D eigenvalue weighted by Crippen LogP contribution is 2.39. The van der Waals surface area contributed by atoms with Gasteiger partial charge in [0, 0.05) is 29.1 Å². The first-order chi connectivity index (χ1) is 10.9. The summed E-state index contributed by atoms with van der Waals surface area (Å²) in [7, 11) is 0. The number of benzene rings is 1. The molecule has 3 atom stereocenters. The smallest absolute Gasteiger partial charge is 0.222 e. The van der Waals surface area contributed by atoms with Gasteiger partial charge in [-0.15, -0.1) is 0 Å². The van der Waals surface area contributed by atoms with Crippen LogP contribution in [-0.4, -0.2) is 34.1 Å². The van der Waals surface area contributed by atoms with Crippen molar-refractivity contribution in [2.75, 3.05) is 6.54 Å². The van der Waals surface area contributed by atoms with Crippen molar-refractivity contribution in [1.29, 1.82) is 0 Å². The van der Waals surface area contributed by atoms with Gasteiger partial charge >= 0.3 is 0 Å². The second-order valence-electron chi connectivity index (χ2n) is 7.11. The highest BCUT2D eigenvalue weighted by Gasteiger charge is 2.41.